The molecule has 16 heavy (non-hydrogen) atoms. The van der Waals surface area contributed by atoms with Crippen molar-refractivity contribution in [1.29, 1.82) is 10.5 Å². The van der Waals surface area contributed by atoms with E-state index in [2.05, 4.69) is 10.6 Å². The SMILES string of the molecule is CNC(NCc1ccccc1)=C(C#N)C#N. The van der Waals surface area contributed by atoms with Crippen molar-refractivity contribution in [2.24, 2.45) is 0 Å². The highest BCUT2D eigenvalue weighted by Crippen LogP contribution is 2.00. The second kappa shape index (κ2) is 6.10. The van der Waals surface area contributed by atoms with Crippen LogP contribution >= 0.6 is 0 Å². The second-order valence-electron chi connectivity index (χ2n) is 3.06. The summed E-state index contributed by atoms with van der Waals surface area (Å²) in [6.07, 6.45) is 0. The molecular weight excluding hydrogens is 200 g/mol. The van der Waals surface area contributed by atoms with Crippen LogP contribution in [0.15, 0.2) is 41.7 Å². The number of benzene rings is 1. The Morgan fingerprint density at radius 3 is 2.31 bits per heavy atom. The van der Waals surface area contributed by atoms with Crippen LogP contribution in [0.25, 0.3) is 0 Å². The zero-order valence-electron chi connectivity index (χ0n) is 8.99. The topological polar surface area (TPSA) is 71.6 Å². The Balaban J connectivity index is 2.71. The van der Waals surface area contributed by atoms with Crippen LogP contribution in [-0.4, -0.2) is 7.05 Å². The highest BCUT2D eigenvalue weighted by Gasteiger charge is 2.03. The van der Waals surface area contributed by atoms with Gasteiger partial charge in [-0.25, -0.2) is 0 Å². The highest BCUT2D eigenvalue weighted by molar-refractivity contribution is 5.38. The zero-order valence-corrected chi connectivity index (χ0v) is 8.99. The predicted octanol–water partition coefficient (Wildman–Crippen LogP) is 1.25. The van der Waals surface area contributed by atoms with Gasteiger partial charge in [0, 0.05) is 13.6 Å². The van der Waals surface area contributed by atoms with Crippen LogP contribution < -0.4 is 10.6 Å². The molecule has 0 aliphatic rings. The number of nitrogens with zero attached hydrogens (tertiary/aromatic N) is 2. The molecule has 0 saturated heterocycles. The molecule has 0 saturated carbocycles. The van der Waals surface area contributed by atoms with E-state index in [0.29, 0.717) is 12.4 Å². The van der Waals surface area contributed by atoms with Gasteiger partial charge in [-0.05, 0) is 5.56 Å². The van der Waals surface area contributed by atoms with E-state index in [-0.39, 0.29) is 5.57 Å². The molecule has 0 aromatic heterocycles. The van der Waals surface area contributed by atoms with Crippen LogP contribution in [0.4, 0.5) is 0 Å². The molecule has 0 heterocycles. The maximum absolute atomic E-state index is 8.71. The van der Waals surface area contributed by atoms with E-state index in [1.54, 1.807) is 7.05 Å². The lowest BCUT2D eigenvalue weighted by Gasteiger charge is -2.10. The minimum absolute atomic E-state index is 0.0541. The molecule has 0 atom stereocenters. The lowest BCUT2D eigenvalue weighted by atomic mass is 10.2. The molecule has 1 rings (SSSR count). The minimum atomic E-state index is 0.0541. The average molecular weight is 212 g/mol. The predicted molar refractivity (Wildman–Crippen MR) is 60.6 cm³/mol. The Labute approximate surface area is 94.8 Å². The summed E-state index contributed by atoms with van der Waals surface area (Å²) in [5.74, 6) is 0.453. The van der Waals surface area contributed by atoms with Crippen molar-refractivity contribution >= 4 is 0 Å². The van der Waals surface area contributed by atoms with E-state index in [1.165, 1.54) is 0 Å². The molecule has 0 radical (unpaired) electrons. The summed E-state index contributed by atoms with van der Waals surface area (Å²) in [5, 5.41) is 23.2. The Morgan fingerprint density at radius 1 is 1.19 bits per heavy atom. The van der Waals surface area contributed by atoms with E-state index in [4.69, 9.17) is 10.5 Å². The molecular formula is C12H12N4. The molecule has 0 spiro atoms. The molecule has 1 aromatic rings. The van der Waals surface area contributed by atoms with Gasteiger partial charge in [-0.3, -0.25) is 0 Å². The molecule has 0 bridgehead atoms. The van der Waals surface area contributed by atoms with Gasteiger partial charge in [-0.15, -0.1) is 0 Å². The van der Waals surface area contributed by atoms with Crippen molar-refractivity contribution in [3.05, 3.63) is 47.3 Å². The Bertz CT molecular complexity index is 432. The van der Waals surface area contributed by atoms with Crippen LogP contribution in [0.2, 0.25) is 0 Å². The van der Waals surface area contributed by atoms with Crippen molar-refractivity contribution in [1.82, 2.24) is 10.6 Å². The van der Waals surface area contributed by atoms with Gasteiger partial charge in [0.05, 0.1) is 0 Å². The van der Waals surface area contributed by atoms with Gasteiger partial charge >= 0.3 is 0 Å². The molecule has 0 unspecified atom stereocenters. The molecule has 0 amide bonds. The van der Waals surface area contributed by atoms with Gasteiger partial charge in [0.25, 0.3) is 0 Å². The molecule has 0 aliphatic carbocycles. The summed E-state index contributed by atoms with van der Waals surface area (Å²) < 4.78 is 0. The van der Waals surface area contributed by atoms with Gasteiger partial charge in [-0.2, -0.15) is 10.5 Å². The van der Waals surface area contributed by atoms with Gasteiger partial charge in [-0.1, -0.05) is 30.3 Å². The smallest absolute Gasteiger partial charge is 0.169 e. The first-order valence-electron chi connectivity index (χ1n) is 4.82. The largest absolute Gasteiger partial charge is 0.373 e. The first-order chi connectivity index (χ1) is 7.81. The van der Waals surface area contributed by atoms with Crippen molar-refractivity contribution < 1.29 is 0 Å². The summed E-state index contributed by atoms with van der Waals surface area (Å²) in [6, 6.07) is 13.4. The number of hydrogen-bond donors (Lipinski definition) is 2. The molecule has 4 nitrogen and oxygen atoms in total. The number of nitrogens with one attached hydrogen (secondary N) is 2. The maximum atomic E-state index is 8.71. The van der Waals surface area contributed by atoms with E-state index in [1.807, 2.05) is 42.5 Å². The minimum Gasteiger partial charge on any atom is -0.373 e. The van der Waals surface area contributed by atoms with Crippen LogP contribution in [0.3, 0.4) is 0 Å². The fourth-order valence-electron chi connectivity index (χ4n) is 1.22. The third-order valence-electron chi connectivity index (χ3n) is 2.04. The molecule has 1 aromatic carbocycles. The van der Waals surface area contributed by atoms with Crippen LogP contribution in [0, 0.1) is 22.7 Å². The molecule has 80 valence electrons. The van der Waals surface area contributed by atoms with Crippen molar-refractivity contribution in [3.63, 3.8) is 0 Å². The van der Waals surface area contributed by atoms with E-state index < -0.39 is 0 Å². The molecule has 4 heteroatoms. The summed E-state index contributed by atoms with van der Waals surface area (Å²) in [5.41, 5.74) is 1.14. The number of hydrogen-bond acceptors (Lipinski definition) is 4. The summed E-state index contributed by atoms with van der Waals surface area (Å²) in [4.78, 5) is 0. The quantitative estimate of drug-likeness (QED) is 0.737. The normalized spacial score (nSPS) is 8.44. The van der Waals surface area contributed by atoms with Crippen molar-refractivity contribution in [2.75, 3.05) is 7.05 Å². The Morgan fingerprint density at radius 2 is 1.81 bits per heavy atom. The molecule has 0 fully saturated rings. The van der Waals surface area contributed by atoms with Crippen molar-refractivity contribution in [2.45, 2.75) is 6.54 Å². The lowest BCUT2D eigenvalue weighted by Crippen LogP contribution is -2.24. The van der Waals surface area contributed by atoms with Gasteiger partial charge in [0.1, 0.15) is 18.0 Å². The average Bonchev–Trinajstić information content (AvgIpc) is 2.35. The van der Waals surface area contributed by atoms with E-state index in [9.17, 15) is 0 Å². The third kappa shape index (κ3) is 3.04. The Hall–Kier alpha value is -2.46. The number of nitriles is 2. The number of rotatable bonds is 4. The summed E-state index contributed by atoms with van der Waals surface area (Å²) >= 11 is 0. The third-order valence-corrected chi connectivity index (χ3v) is 2.04. The van der Waals surface area contributed by atoms with E-state index in [0.717, 1.165) is 5.56 Å². The first-order valence-corrected chi connectivity index (χ1v) is 4.82. The fourth-order valence-corrected chi connectivity index (χ4v) is 1.22. The second-order valence-corrected chi connectivity index (χ2v) is 3.06. The number of allylic oxidation sites excluding steroid dienone is 1. The van der Waals surface area contributed by atoms with Crippen LogP contribution in [-0.2, 0) is 6.54 Å². The van der Waals surface area contributed by atoms with Crippen molar-refractivity contribution in [3.8, 4) is 12.1 Å². The van der Waals surface area contributed by atoms with Gasteiger partial charge in [0.2, 0.25) is 0 Å². The highest BCUT2D eigenvalue weighted by atomic mass is 15.1. The Kier molecular flexibility index (Phi) is 4.43. The first kappa shape index (κ1) is 11.6. The zero-order chi connectivity index (χ0) is 11.8. The maximum Gasteiger partial charge on any atom is 0.169 e. The van der Waals surface area contributed by atoms with Crippen LogP contribution in [0.1, 0.15) is 5.56 Å². The van der Waals surface area contributed by atoms with Gasteiger partial charge < -0.3 is 10.6 Å². The summed E-state index contributed by atoms with van der Waals surface area (Å²) in [7, 11) is 1.67. The fraction of sp³-hybridized carbons (Fsp3) is 0.167. The molecule has 0 aliphatic heterocycles. The van der Waals surface area contributed by atoms with E-state index >= 15 is 0 Å². The van der Waals surface area contributed by atoms with Gasteiger partial charge in [0.15, 0.2) is 5.57 Å². The lowest BCUT2D eigenvalue weighted by molar-refractivity contribution is 0.732. The van der Waals surface area contributed by atoms with Crippen LogP contribution in [0.5, 0.6) is 0 Å². The monoisotopic (exact) mass is 212 g/mol. The summed E-state index contributed by atoms with van der Waals surface area (Å²) in [6.45, 7) is 0.573. The standard InChI is InChI=1S/C12H12N4/c1-15-12(11(7-13)8-14)16-9-10-5-3-2-4-6-10/h2-6,15-16H,9H2,1H3. The molecule has 2 N–H and O–H groups in total.